The van der Waals surface area contributed by atoms with Crippen LogP contribution in [0.3, 0.4) is 0 Å². The average Bonchev–Trinajstić information content (AvgIpc) is 3.52. The highest BCUT2D eigenvalue weighted by Gasteiger charge is 2.26. The quantitative estimate of drug-likeness (QED) is 0.357. The molecule has 0 amide bonds. The first kappa shape index (κ1) is 22.5. The Morgan fingerprint density at radius 3 is 2.53 bits per heavy atom. The van der Waals surface area contributed by atoms with Crippen molar-refractivity contribution in [3.8, 4) is 17.0 Å². The van der Waals surface area contributed by atoms with Crippen LogP contribution >= 0.6 is 0 Å². The fraction of sp³-hybridized carbons (Fsp3) is 0.310. The highest BCUT2D eigenvalue weighted by atomic mass is 16.5. The summed E-state index contributed by atoms with van der Waals surface area (Å²) < 4.78 is 9.32. The van der Waals surface area contributed by atoms with Crippen molar-refractivity contribution in [1.29, 1.82) is 0 Å². The molecular weight excluding hydrogens is 450 g/mol. The smallest absolute Gasteiger partial charge is 0.278 e. The highest BCUT2D eigenvalue weighted by molar-refractivity contribution is 5.87. The molecule has 184 valence electrons. The Kier molecular flexibility index (Phi) is 5.55. The maximum Gasteiger partial charge on any atom is 0.278 e. The van der Waals surface area contributed by atoms with E-state index < -0.39 is 0 Å². The van der Waals surface area contributed by atoms with E-state index in [9.17, 15) is 4.79 Å². The van der Waals surface area contributed by atoms with E-state index in [1.807, 2.05) is 49.5 Å². The van der Waals surface area contributed by atoms with Gasteiger partial charge in [0, 0.05) is 30.2 Å². The van der Waals surface area contributed by atoms with Crippen LogP contribution in [0, 0.1) is 6.92 Å². The van der Waals surface area contributed by atoms with Gasteiger partial charge in [0.25, 0.3) is 5.56 Å². The van der Waals surface area contributed by atoms with Gasteiger partial charge in [-0.3, -0.25) is 9.89 Å². The van der Waals surface area contributed by atoms with Crippen molar-refractivity contribution >= 4 is 22.2 Å². The van der Waals surface area contributed by atoms with Gasteiger partial charge in [-0.25, -0.2) is 4.98 Å². The van der Waals surface area contributed by atoms with Crippen LogP contribution in [0.1, 0.15) is 43.5 Å². The molecule has 6 rings (SSSR count). The molecule has 36 heavy (non-hydrogen) atoms. The molecule has 0 bridgehead atoms. The summed E-state index contributed by atoms with van der Waals surface area (Å²) in [7, 11) is 1.68. The van der Waals surface area contributed by atoms with Gasteiger partial charge in [-0.15, -0.1) is 0 Å². The number of nitrogens with zero attached hydrogens (tertiary/aromatic N) is 4. The minimum Gasteiger partial charge on any atom is -0.496 e. The number of ether oxygens (including phenoxy) is 1. The maximum absolute atomic E-state index is 14.1. The Hall–Kier alpha value is -4.00. The molecule has 3 aromatic heterocycles. The number of piperidine rings is 1. The maximum atomic E-state index is 14.1. The molecule has 0 aliphatic carbocycles. The van der Waals surface area contributed by atoms with E-state index in [0.717, 1.165) is 65.2 Å². The molecule has 7 nitrogen and oxygen atoms in total. The minimum absolute atomic E-state index is 0.0600. The number of nitrogens with one attached hydrogen (secondary N) is 1. The number of benzene rings is 2. The average molecular weight is 482 g/mol. The fourth-order valence-electron chi connectivity index (χ4n) is 5.70. The van der Waals surface area contributed by atoms with Gasteiger partial charge >= 0.3 is 0 Å². The molecule has 1 unspecified atom stereocenters. The molecule has 1 aliphatic rings. The number of fused-ring (bicyclic) bond motifs is 2. The van der Waals surface area contributed by atoms with Crippen molar-refractivity contribution in [3.05, 3.63) is 82.4 Å². The Morgan fingerprint density at radius 2 is 1.78 bits per heavy atom. The summed E-state index contributed by atoms with van der Waals surface area (Å²) in [6.45, 7) is 5.95. The van der Waals surface area contributed by atoms with Crippen molar-refractivity contribution in [2.24, 2.45) is 0 Å². The number of methoxy groups -OCH3 is 1. The first-order chi connectivity index (χ1) is 17.6. The number of aromatic amines is 1. The summed E-state index contributed by atoms with van der Waals surface area (Å²) in [6.07, 6.45) is 5.56. The lowest BCUT2D eigenvalue weighted by Crippen LogP contribution is -2.30. The second kappa shape index (κ2) is 8.90. The van der Waals surface area contributed by atoms with Crippen LogP contribution < -0.4 is 15.2 Å². The summed E-state index contributed by atoms with van der Waals surface area (Å²) in [5.41, 5.74) is 6.13. The third-order valence-corrected chi connectivity index (χ3v) is 7.49. The number of aromatic nitrogens is 4. The van der Waals surface area contributed by atoms with Gasteiger partial charge in [0.1, 0.15) is 11.4 Å². The van der Waals surface area contributed by atoms with E-state index in [4.69, 9.17) is 9.72 Å². The number of aryl methyl sites for hydroxylation is 1. The van der Waals surface area contributed by atoms with Crippen LogP contribution in [0.4, 0.5) is 5.69 Å². The van der Waals surface area contributed by atoms with Crippen LogP contribution in [-0.4, -0.2) is 39.4 Å². The van der Waals surface area contributed by atoms with Crippen molar-refractivity contribution in [2.45, 2.75) is 39.2 Å². The van der Waals surface area contributed by atoms with E-state index in [0.29, 0.717) is 11.2 Å². The molecule has 0 saturated carbocycles. The van der Waals surface area contributed by atoms with Crippen molar-refractivity contribution in [1.82, 2.24) is 19.2 Å². The lowest BCUT2D eigenvalue weighted by molar-refractivity contribution is 0.420. The summed E-state index contributed by atoms with van der Waals surface area (Å²) in [6, 6.07) is 18.1. The Bertz CT molecular complexity index is 1610. The molecule has 1 saturated heterocycles. The largest absolute Gasteiger partial charge is 0.496 e. The third-order valence-electron chi connectivity index (χ3n) is 7.49. The summed E-state index contributed by atoms with van der Waals surface area (Å²) in [4.78, 5) is 21.5. The number of hydrogen-bond donors (Lipinski definition) is 1. The van der Waals surface area contributed by atoms with Crippen molar-refractivity contribution in [3.63, 3.8) is 0 Å². The second-order valence-electron chi connectivity index (χ2n) is 9.62. The van der Waals surface area contributed by atoms with Crippen LogP contribution in [0.2, 0.25) is 0 Å². The zero-order valence-corrected chi connectivity index (χ0v) is 21.0. The second-order valence-corrected chi connectivity index (χ2v) is 9.62. The van der Waals surface area contributed by atoms with Crippen molar-refractivity contribution in [2.75, 3.05) is 25.1 Å². The van der Waals surface area contributed by atoms with E-state index in [1.54, 1.807) is 11.6 Å². The van der Waals surface area contributed by atoms with E-state index >= 15 is 0 Å². The van der Waals surface area contributed by atoms with E-state index in [-0.39, 0.29) is 11.6 Å². The summed E-state index contributed by atoms with van der Waals surface area (Å²) in [5.74, 6) is 0.823. The summed E-state index contributed by atoms with van der Waals surface area (Å²) >= 11 is 0. The van der Waals surface area contributed by atoms with Crippen LogP contribution in [-0.2, 0) is 0 Å². The number of H-pyrrole nitrogens is 1. The van der Waals surface area contributed by atoms with Gasteiger partial charge in [0.2, 0.25) is 0 Å². The molecule has 0 radical (unpaired) electrons. The number of hydrogen-bond acceptors (Lipinski definition) is 4. The first-order valence-corrected chi connectivity index (χ1v) is 12.7. The SMILES string of the molecule is COc1cccc2c1ccn2C(C)c1c(C)nc2c(N3CCCCC3)c(-c3ccccc3)[nH]n2c1=O. The molecule has 1 aliphatic heterocycles. The normalized spacial score (nSPS) is 15.0. The predicted molar refractivity (Wildman–Crippen MR) is 144 cm³/mol. The Balaban J connectivity index is 1.55. The minimum atomic E-state index is -0.201. The zero-order chi connectivity index (χ0) is 24.8. The highest BCUT2D eigenvalue weighted by Crippen LogP contribution is 2.36. The predicted octanol–water partition coefficient (Wildman–Crippen LogP) is 5.56. The molecular formula is C29H31N5O2. The van der Waals surface area contributed by atoms with Gasteiger partial charge in [0.05, 0.1) is 35.6 Å². The zero-order valence-electron chi connectivity index (χ0n) is 21.0. The molecule has 0 spiro atoms. The Labute approximate surface area is 209 Å². The molecule has 1 N–H and O–H groups in total. The topological polar surface area (TPSA) is 67.6 Å². The lowest BCUT2D eigenvalue weighted by Gasteiger charge is -2.28. The van der Waals surface area contributed by atoms with E-state index in [2.05, 4.69) is 39.7 Å². The molecule has 7 heteroatoms. The fourth-order valence-corrected chi connectivity index (χ4v) is 5.70. The monoisotopic (exact) mass is 481 g/mol. The molecule has 1 fully saturated rings. The Morgan fingerprint density at radius 1 is 1.00 bits per heavy atom. The van der Waals surface area contributed by atoms with Gasteiger partial charge in [0.15, 0.2) is 5.65 Å². The number of rotatable bonds is 5. The van der Waals surface area contributed by atoms with Gasteiger partial charge in [-0.1, -0.05) is 36.4 Å². The molecule has 2 aromatic carbocycles. The van der Waals surface area contributed by atoms with Crippen LogP contribution in [0.5, 0.6) is 5.75 Å². The summed E-state index contributed by atoms with van der Waals surface area (Å²) in [5, 5.41) is 4.47. The van der Waals surface area contributed by atoms with Gasteiger partial charge < -0.3 is 14.2 Å². The van der Waals surface area contributed by atoms with Crippen LogP contribution in [0.15, 0.2) is 65.6 Å². The third kappa shape index (κ3) is 3.49. The molecule has 1 atom stereocenters. The molecule has 5 aromatic rings. The van der Waals surface area contributed by atoms with Gasteiger partial charge in [-0.05, 0) is 51.3 Å². The molecule has 4 heterocycles. The van der Waals surface area contributed by atoms with Crippen molar-refractivity contribution < 1.29 is 4.74 Å². The first-order valence-electron chi connectivity index (χ1n) is 12.7. The van der Waals surface area contributed by atoms with Gasteiger partial charge in [-0.2, -0.15) is 4.52 Å². The number of anilines is 1. The van der Waals surface area contributed by atoms with E-state index in [1.165, 1.54) is 6.42 Å². The van der Waals surface area contributed by atoms with Crippen LogP contribution in [0.25, 0.3) is 27.8 Å². The standard InChI is InChI=1S/C29H31N5O2/c1-19-25(20(2)33-18-15-22-23(33)13-10-14-24(22)36-3)29(35)34-28(30-19)27(32-16-8-5-9-17-32)26(31-34)21-11-6-4-7-12-21/h4,6-7,10-15,18,20,31H,5,8-9,16-17H2,1-3H3. The lowest BCUT2D eigenvalue weighted by atomic mass is 10.1.